The number of likely N-dealkylation sites (N-methyl/N-ethyl adjacent to an activating group) is 1. The molecule has 0 aromatic carbocycles. The van der Waals surface area contributed by atoms with Crippen LogP contribution in [0.25, 0.3) is 0 Å². The third kappa shape index (κ3) is 2.49. The highest BCUT2D eigenvalue weighted by molar-refractivity contribution is 7.17. The lowest BCUT2D eigenvalue weighted by molar-refractivity contribution is 0.0606. The summed E-state index contributed by atoms with van der Waals surface area (Å²) in [5.41, 5.74) is 0.247. The minimum Gasteiger partial charge on any atom is -0.465 e. The monoisotopic (exact) mass is 269 g/mol. The molecule has 1 N–H and O–H groups in total. The second-order valence-electron chi connectivity index (χ2n) is 4.85. The molecule has 0 atom stereocenters. The quantitative estimate of drug-likeness (QED) is 0.826. The van der Waals surface area contributed by atoms with Gasteiger partial charge in [0.15, 0.2) is 5.13 Å². The van der Waals surface area contributed by atoms with Crippen LogP contribution in [0.2, 0.25) is 0 Å². The van der Waals surface area contributed by atoms with Crippen LogP contribution < -0.4 is 5.32 Å². The van der Waals surface area contributed by atoms with Gasteiger partial charge < -0.3 is 15.0 Å². The van der Waals surface area contributed by atoms with Crippen molar-refractivity contribution in [2.45, 2.75) is 24.8 Å². The molecule has 5 nitrogen and oxygen atoms in total. The lowest BCUT2D eigenvalue weighted by atomic mass is 9.75. The van der Waals surface area contributed by atoms with Crippen molar-refractivity contribution in [2.75, 3.05) is 33.1 Å². The van der Waals surface area contributed by atoms with Crippen LogP contribution in [-0.4, -0.2) is 49.1 Å². The maximum atomic E-state index is 11.3. The van der Waals surface area contributed by atoms with Crippen molar-refractivity contribution >= 4 is 22.4 Å². The van der Waals surface area contributed by atoms with Gasteiger partial charge in [0, 0.05) is 12.1 Å². The number of nitrogens with one attached hydrogen (secondary N) is 1. The van der Waals surface area contributed by atoms with Gasteiger partial charge in [0.25, 0.3) is 0 Å². The van der Waals surface area contributed by atoms with Crippen molar-refractivity contribution in [1.29, 1.82) is 0 Å². The zero-order valence-electron chi connectivity index (χ0n) is 11.0. The molecule has 0 bridgehead atoms. The van der Waals surface area contributed by atoms with Gasteiger partial charge in [0.1, 0.15) is 4.88 Å². The Morgan fingerprint density at radius 3 is 2.83 bits per heavy atom. The number of rotatable bonds is 5. The van der Waals surface area contributed by atoms with Crippen LogP contribution in [0.3, 0.4) is 0 Å². The Morgan fingerprint density at radius 1 is 1.61 bits per heavy atom. The Labute approximate surface area is 111 Å². The molecular formula is C12H19N3O2S. The number of ether oxygens (including phenoxy) is 1. The van der Waals surface area contributed by atoms with Crippen LogP contribution in [-0.2, 0) is 4.74 Å². The van der Waals surface area contributed by atoms with Crippen LogP contribution >= 0.6 is 11.3 Å². The van der Waals surface area contributed by atoms with E-state index in [9.17, 15) is 4.79 Å². The molecule has 1 fully saturated rings. The normalized spacial score (nSPS) is 17.3. The SMILES string of the molecule is COC(=O)c1cnc(NCC2(N(C)C)CCC2)s1. The number of hydrogen-bond acceptors (Lipinski definition) is 6. The first kappa shape index (κ1) is 13.3. The van der Waals surface area contributed by atoms with Gasteiger partial charge in [-0.3, -0.25) is 0 Å². The topological polar surface area (TPSA) is 54.5 Å². The number of nitrogens with zero attached hydrogens (tertiary/aromatic N) is 2. The molecule has 1 aromatic rings. The van der Waals surface area contributed by atoms with Crippen molar-refractivity contribution in [3.8, 4) is 0 Å². The summed E-state index contributed by atoms with van der Waals surface area (Å²) in [4.78, 5) is 18.3. The van der Waals surface area contributed by atoms with E-state index in [0.717, 1.165) is 11.7 Å². The van der Waals surface area contributed by atoms with E-state index in [1.54, 1.807) is 6.20 Å². The van der Waals surface area contributed by atoms with Gasteiger partial charge in [0.2, 0.25) is 0 Å². The predicted molar refractivity (Wildman–Crippen MR) is 72.2 cm³/mol. The van der Waals surface area contributed by atoms with Gasteiger partial charge in [0.05, 0.1) is 13.3 Å². The molecular weight excluding hydrogens is 250 g/mol. The average Bonchev–Trinajstić information content (AvgIpc) is 2.75. The summed E-state index contributed by atoms with van der Waals surface area (Å²) in [7, 11) is 5.61. The molecule has 1 aromatic heterocycles. The largest absolute Gasteiger partial charge is 0.465 e. The zero-order chi connectivity index (χ0) is 13.2. The summed E-state index contributed by atoms with van der Waals surface area (Å²) in [6.45, 7) is 0.869. The number of carbonyl (C=O) groups is 1. The third-order valence-corrected chi connectivity index (χ3v) is 4.63. The van der Waals surface area contributed by atoms with E-state index in [0.29, 0.717) is 4.88 Å². The highest BCUT2D eigenvalue weighted by atomic mass is 32.1. The number of anilines is 1. The van der Waals surface area contributed by atoms with Crippen LogP contribution in [0.5, 0.6) is 0 Å². The van der Waals surface area contributed by atoms with Crippen molar-refractivity contribution in [1.82, 2.24) is 9.88 Å². The van der Waals surface area contributed by atoms with Crippen LogP contribution in [0.1, 0.15) is 28.9 Å². The lowest BCUT2D eigenvalue weighted by Crippen LogP contribution is -2.54. The maximum absolute atomic E-state index is 11.3. The van der Waals surface area contributed by atoms with Gasteiger partial charge >= 0.3 is 5.97 Å². The Kier molecular flexibility index (Phi) is 3.87. The lowest BCUT2D eigenvalue weighted by Gasteiger charge is -2.47. The molecule has 1 aliphatic carbocycles. The zero-order valence-corrected chi connectivity index (χ0v) is 11.8. The van der Waals surface area contributed by atoms with Gasteiger partial charge in [-0.15, -0.1) is 0 Å². The number of aromatic nitrogens is 1. The fourth-order valence-electron chi connectivity index (χ4n) is 2.16. The van der Waals surface area contributed by atoms with Crippen molar-refractivity contribution in [2.24, 2.45) is 0 Å². The van der Waals surface area contributed by atoms with Gasteiger partial charge in [-0.05, 0) is 33.4 Å². The highest BCUT2D eigenvalue weighted by Gasteiger charge is 2.38. The Balaban J connectivity index is 1.94. The van der Waals surface area contributed by atoms with Gasteiger partial charge in [-0.2, -0.15) is 0 Å². The summed E-state index contributed by atoms with van der Waals surface area (Å²) < 4.78 is 4.66. The van der Waals surface area contributed by atoms with Crippen molar-refractivity contribution in [3.05, 3.63) is 11.1 Å². The molecule has 0 amide bonds. The van der Waals surface area contributed by atoms with E-state index >= 15 is 0 Å². The number of esters is 1. The standard InChI is InChI=1S/C12H19N3O2S/c1-15(2)12(5-4-6-12)8-14-11-13-7-9(18-11)10(16)17-3/h7H,4-6,8H2,1-3H3,(H,13,14). The molecule has 100 valence electrons. The molecule has 1 saturated carbocycles. The van der Waals surface area contributed by atoms with Crippen molar-refractivity contribution < 1.29 is 9.53 Å². The van der Waals surface area contributed by atoms with E-state index < -0.39 is 0 Å². The highest BCUT2D eigenvalue weighted by Crippen LogP contribution is 2.36. The molecule has 18 heavy (non-hydrogen) atoms. The van der Waals surface area contributed by atoms with Crippen LogP contribution in [0, 0.1) is 0 Å². The molecule has 2 rings (SSSR count). The molecule has 0 unspecified atom stereocenters. The molecule has 0 radical (unpaired) electrons. The number of thiazole rings is 1. The number of hydrogen-bond donors (Lipinski definition) is 1. The average molecular weight is 269 g/mol. The summed E-state index contributed by atoms with van der Waals surface area (Å²) in [6.07, 6.45) is 5.26. The summed E-state index contributed by atoms with van der Waals surface area (Å²) >= 11 is 1.34. The molecule has 6 heteroatoms. The summed E-state index contributed by atoms with van der Waals surface area (Å²) in [6, 6.07) is 0. The molecule has 0 aliphatic heterocycles. The summed E-state index contributed by atoms with van der Waals surface area (Å²) in [5, 5.41) is 4.11. The Bertz CT molecular complexity index is 427. The Morgan fingerprint density at radius 2 is 2.33 bits per heavy atom. The summed E-state index contributed by atoms with van der Waals surface area (Å²) in [5.74, 6) is -0.327. The van der Waals surface area contributed by atoms with Crippen LogP contribution in [0.4, 0.5) is 5.13 Å². The van der Waals surface area contributed by atoms with E-state index in [2.05, 4.69) is 34.0 Å². The second kappa shape index (κ2) is 5.24. The van der Waals surface area contributed by atoms with E-state index in [1.165, 1.54) is 37.7 Å². The number of carbonyl (C=O) groups excluding carboxylic acids is 1. The second-order valence-corrected chi connectivity index (χ2v) is 5.88. The smallest absolute Gasteiger partial charge is 0.349 e. The van der Waals surface area contributed by atoms with Gasteiger partial charge in [-0.1, -0.05) is 11.3 Å². The number of methoxy groups -OCH3 is 1. The van der Waals surface area contributed by atoms with Crippen molar-refractivity contribution in [3.63, 3.8) is 0 Å². The minimum atomic E-state index is -0.327. The predicted octanol–water partition coefficient (Wildman–Crippen LogP) is 1.83. The fraction of sp³-hybridized carbons (Fsp3) is 0.667. The first-order valence-electron chi connectivity index (χ1n) is 6.03. The first-order valence-corrected chi connectivity index (χ1v) is 6.84. The van der Waals surface area contributed by atoms with E-state index in [1.807, 2.05) is 0 Å². The molecule has 0 spiro atoms. The molecule has 0 saturated heterocycles. The maximum Gasteiger partial charge on any atom is 0.349 e. The third-order valence-electron chi connectivity index (χ3n) is 3.69. The molecule has 1 aliphatic rings. The first-order chi connectivity index (χ1) is 8.57. The fourth-order valence-corrected chi connectivity index (χ4v) is 2.89. The van der Waals surface area contributed by atoms with E-state index in [4.69, 9.17) is 0 Å². The molecule has 1 heterocycles. The minimum absolute atomic E-state index is 0.247. The Hall–Kier alpha value is -1.14. The van der Waals surface area contributed by atoms with Gasteiger partial charge in [-0.25, -0.2) is 9.78 Å². The van der Waals surface area contributed by atoms with E-state index in [-0.39, 0.29) is 11.5 Å². The van der Waals surface area contributed by atoms with Crippen LogP contribution in [0.15, 0.2) is 6.20 Å².